The van der Waals surface area contributed by atoms with E-state index in [1.165, 1.54) is 37.2 Å². The van der Waals surface area contributed by atoms with Crippen LogP contribution in [0.25, 0.3) is 0 Å². The molecular formula is C18H25F3N4O4S. The van der Waals surface area contributed by atoms with E-state index in [9.17, 15) is 18.0 Å². The first-order valence-corrected chi connectivity index (χ1v) is 10.6. The molecule has 1 atom stereocenters. The second kappa shape index (κ2) is 9.15. The van der Waals surface area contributed by atoms with Crippen molar-refractivity contribution in [2.24, 2.45) is 0 Å². The number of ether oxygens (including phenoxy) is 1. The number of carbonyl (C=O) groups excluding carboxylic acids is 1. The number of hydrogen-bond donors (Lipinski definition) is 1. The standard InChI is InChI=1S/C16H24N4O2S.C2HF3O2/c1-22-10-9-20-8-6-16(20)5-2-7-19(11-16)15(21)13-14(12-3-4-12)23-18-17-13;3-2(4,5)1(6)7/h12H,2-11H2,1H3;(H,6,7). The average molecular weight is 450 g/mol. The highest BCUT2D eigenvalue weighted by molar-refractivity contribution is 7.06. The fraction of sp³-hybridized carbons (Fsp3) is 0.778. The van der Waals surface area contributed by atoms with E-state index in [1.54, 1.807) is 7.11 Å². The quantitative estimate of drug-likeness (QED) is 0.736. The maximum atomic E-state index is 12.9. The van der Waals surface area contributed by atoms with E-state index in [2.05, 4.69) is 14.5 Å². The average Bonchev–Trinajstić information content (AvgIpc) is 3.43. The molecule has 1 N–H and O–H groups in total. The summed E-state index contributed by atoms with van der Waals surface area (Å²) in [6.07, 6.45) is 0.722. The number of piperidine rings is 1. The number of methoxy groups -OCH3 is 1. The zero-order valence-corrected chi connectivity index (χ0v) is 17.5. The van der Waals surface area contributed by atoms with Crippen LogP contribution in [0.1, 0.15) is 53.4 Å². The van der Waals surface area contributed by atoms with Crippen molar-refractivity contribution in [3.05, 3.63) is 10.6 Å². The first kappa shape index (κ1) is 22.9. The number of amides is 1. The van der Waals surface area contributed by atoms with Crippen LogP contribution in [0.15, 0.2) is 0 Å². The molecule has 1 aliphatic carbocycles. The van der Waals surface area contributed by atoms with E-state index >= 15 is 0 Å². The van der Waals surface area contributed by atoms with Crippen LogP contribution in [-0.4, -0.2) is 88.0 Å². The highest BCUT2D eigenvalue weighted by Crippen LogP contribution is 2.44. The van der Waals surface area contributed by atoms with Crippen LogP contribution >= 0.6 is 11.5 Å². The third kappa shape index (κ3) is 5.09. The van der Waals surface area contributed by atoms with Crippen molar-refractivity contribution in [2.45, 2.75) is 49.7 Å². The molecule has 1 amide bonds. The van der Waals surface area contributed by atoms with Gasteiger partial charge in [-0.15, -0.1) is 5.10 Å². The number of carboxylic acid groups (broad SMARTS) is 1. The Morgan fingerprint density at radius 1 is 1.30 bits per heavy atom. The van der Waals surface area contributed by atoms with Crippen molar-refractivity contribution in [3.8, 4) is 0 Å². The second-order valence-corrected chi connectivity index (χ2v) is 8.63. The molecular weight excluding hydrogens is 425 g/mol. The van der Waals surface area contributed by atoms with E-state index in [4.69, 9.17) is 14.6 Å². The molecule has 3 fully saturated rings. The van der Waals surface area contributed by atoms with Gasteiger partial charge in [-0.25, -0.2) is 4.79 Å². The van der Waals surface area contributed by atoms with Crippen LogP contribution < -0.4 is 0 Å². The van der Waals surface area contributed by atoms with Gasteiger partial charge >= 0.3 is 12.1 Å². The summed E-state index contributed by atoms with van der Waals surface area (Å²) in [7, 11) is 1.75. The number of hydrogen-bond acceptors (Lipinski definition) is 7. The van der Waals surface area contributed by atoms with Crippen molar-refractivity contribution >= 4 is 23.4 Å². The molecule has 0 aromatic carbocycles. The molecule has 1 spiro atoms. The Hall–Kier alpha value is -1.79. The Balaban J connectivity index is 0.000000318. The van der Waals surface area contributed by atoms with E-state index in [0.29, 0.717) is 11.6 Å². The van der Waals surface area contributed by atoms with Crippen molar-refractivity contribution in [3.63, 3.8) is 0 Å². The normalized spacial score (nSPS) is 24.2. The van der Waals surface area contributed by atoms with Crippen LogP contribution in [0.4, 0.5) is 13.2 Å². The minimum atomic E-state index is -5.08. The van der Waals surface area contributed by atoms with Crippen molar-refractivity contribution in [1.82, 2.24) is 19.4 Å². The number of aliphatic carboxylic acids is 1. The summed E-state index contributed by atoms with van der Waals surface area (Å²) < 4.78 is 41.0. The fourth-order valence-corrected chi connectivity index (χ4v) is 4.80. The molecule has 1 aromatic rings. The minimum absolute atomic E-state index is 0.0957. The number of carboxylic acids is 1. The highest BCUT2D eigenvalue weighted by Gasteiger charge is 2.48. The number of alkyl halides is 3. The zero-order chi connectivity index (χ0) is 21.9. The SMILES string of the molecule is COCCN1CCC12CCCN(C(=O)c1nnsc1C1CC1)C2.O=C(O)C(F)(F)F. The maximum absolute atomic E-state index is 12.9. The molecule has 3 aliphatic rings. The Labute approximate surface area is 176 Å². The summed E-state index contributed by atoms with van der Waals surface area (Å²) in [4.78, 5) is 27.5. The molecule has 1 saturated carbocycles. The molecule has 30 heavy (non-hydrogen) atoms. The largest absolute Gasteiger partial charge is 0.490 e. The molecule has 3 heterocycles. The molecule has 1 unspecified atom stereocenters. The van der Waals surface area contributed by atoms with Crippen LogP contribution in [0.2, 0.25) is 0 Å². The summed E-state index contributed by atoms with van der Waals surface area (Å²) in [6.45, 7) is 4.52. The van der Waals surface area contributed by atoms with Crippen LogP contribution in [-0.2, 0) is 9.53 Å². The second-order valence-electron chi connectivity index (χ2n) is 7.85. The summed E-state index contributed by atoms with van der Waals surface area (Å²) in [5, 5.41) is 11.3. The summed E-state index contributed by atoms with van der Waals surface area (Å²) in [6, 6.07) is 0. The van der Waals surface area contributed by atoms with Gasteiger partial charge in [0, 0.05) is 38.8 Å². The number of aromatic nitrogens is 2. The molecule has 0 radical (unpaired) electrons. The van der Waals surface area contributed by atoms with Crippen molar-refractivity contribution < 1.29 is 32.6 Å². The Bertz CT molecular complexity index is 771. The van der Waals surface area contributed by atoms with Gasteiger partial charge in [-0.2, -0.15) is 13.2 Å². The number of rotatable bonds is 5. The monoisotopic (exact) mass is 450 g/mol. The number of carbonyl (C=O) groups is 2. The van der Waals surface area contributed by atoms with Gasteiger partial charge in [0.05, 0.1) is 11.5 Å². The van der Waals surface area contributed by atoms with Crippen LogP contribution in [0.3, 0.4) is 0 Å². The summed E-state index contributed by atoms with van der Waals surface area (Å²) >= 11 is 1.41. The molecule has 8 nitrogen and oxygen atoms in total. The van der Waals surface area contributed by atoms with Crippen LogP contribution in [0.5, 0.6) is 0 Å². The Morgan fingerprint density at radius 2 is 2.00 bits per heavy atom. The molecule has 0 bridgehead atoms. The van der Waals surface area contributed by atoms with E-state index in [0.717, 1.165) is 44.1 Å². The lowest BCUT2D eigenvalue weighted by atomic mass is 9.77. The lowest BCUT2D eigenvalue weighted by Crippen LogP contribution is -2.67. The van der Waals surface area contributed by atoms with E-state index < -0.39 is 12.1 Å². The van der Waals surface area contributed by atoms with Crippen molar-refractivity contribution in [1.29, 1.82) is 0 Å². The zero-order valence-electron chi connectivity index (χ0n) is 16.7. The predicted molar refractivity (Wildman–Crippen MR) is 102 cm³/mol. The van der Waals surface area contributed by atoms with Crippen molar-refractivity contribution in [2.75, 3.05) is 39.9 Å². The van der Waals surface area contributed by atoms with Gasteiger partial charge in [-0.1, -0.05) is 4.49 Å². The topological polar surface area (TPSA) is 95.9 Å². The summed E-state index contributed by atoms with van der Waals surface area (Å²) in [5.41, 5.74) is 0.799. The lowest BCUT2D eigenvalue weighted by molar-refractivity contribution is -0.192. The molecule has 2 aliphatic heterocycles. The highest BCUT2D eigenvalue weighted by atomic mass is 32.1. The smallest absolute Gasteiger partial charge is 0.475 e. The van der Waals surface area contributed by atoms with E-state index in [1.807, 2.05) is 4.90 Å². The van der Waals surface area contributed by atoms with Gasteiger partial charge in [-0.3, -0.25) is 9.69 Å². The Kier molecular flexibility index (Phi) is 6.98. The van der Waals surface area contributed by atoms with Gasteiger partial charge in [0.25, 0.3) is 5.91 Å². The minimum Gasteiger partial charge on any atom is -0.475 e. The molecule has 168 valence electrons. The number of halogens is 3. The molecule has 1 aromatic heterocycles. The molecule has 2 saturated heterocycles. The van der Waals surface area contributed by atoms with E-state index in [-0.39, 0.29) is 11.4 Å². The third-order valence-corrected chi connectivity index (χ3v) is 6.72. The Morgan fingerprint density at radius 3 is 2.53 bits per heavy atom. The number of nitrogens with zero attached hydrogens (tertiary/aromatic N) is 4. The third-order valence-electron chi connectivity index (χ3n) is 5.83. The molecule has 12 heteroatoms. The maximum Gasteiger partial charge on any atom is 0.490 e. The molecule has 4 rings (SSSR count). The first-order valence-electron chi connectivity index (χ1n) is 9.83. The van der Waals surface area contributed by atoms with Gasteiger partial charge in [0.1, 0.15) is 0 Å². The van der Waals surface area contributed by atoms with Crippen LogP contribution in [0, 0.1) is 0 Å². The predicted octanol–water partition coefficient (Wildman–Crippen LogP) is 2.38. The first-order chi connectivity index (χ1) is 14.2. The van der Waals surface area contributed by atoms with Gasteiger partial charge < -0.3 is 14.7 Å². The lowest BCUT2D eigenvalue weighted by Gasteiger charge is -2.57. The van der Waals surface area contributed by atoms with Gasteiger partial charge in [-0.05, 0) is 49.6 Å². The fourth-order valence-electron chi connectivity index (χ4n) is 3.99. The van der Waals surface area contributed by atoms with Gasteiger partial charge in [0.15, 0.2) is 5.69 Å². The summed E-state index contributed by atoms with van der Waals surface area (Å²) in [5.74, 6) is -2.12. The van der Waals surface area contributed by atoms with Gasteiger partial charge in [0.2, 0.25) is 0 Å². The number of likely N-dealkylation sites (tertiary alicyclic amines) is 2.